The number of rotatable bonds is 0. The SMILES string of the molecule is O=[N+]([O-])[O-].[Bi+2].[Br-]. The minimum atomic E-state index is -1.75. The summed E-state index contributed by atoms with van der Waals surface area (Å²) in [6.45, 7) is 0. The summed E-state index contributed by atoms with van der Waals surface area (Å²) >= 11 is 0. The fourth-order valence-electron chi connectivity index (χ4n) is 0. The zero-order valence-electron chi connectivity index (χ0n) is 2.50. The molecule has 0 amide bonds. The third kappa shape index (κ3) is 183. The molecule has 6 heavy (non-hydrogen) atoms. The Morgan fingerprint density at radius 1 is 1.33 bits per heavy atom. The molecular weight excluding hydrogens is 351 g/mol. The Hall–Kier alpha value is 0.563. The minimum absolute atomic E-state index is 0. The second-order valence-corrected chi connectivity index (χ2v) is 0.224. The van der Waals surface area contributed by atoms with Gasteiger partial charge < -0.3 is 32.3 Å². The first-order valence-electron chi connectivity index (χ1n) is 0.548. The smallest absolute Gasteiger partial charge is 1.00 e. The van der Waals surface area contributed by atoms with E-state index in [0.717, 1.165) is 0 Å². The standard InChI is InChI=1S/Bi.BrH.NO3/c;;2-1(3)4/h;1H;/q+2;;-1/p-1. The summed E-state index contributed by atoms with van der Waals surface area (Å²) in [4.78, 5) is 8.25. The van der Waals surface area contributed by atoms with Crippen LogP contribution in [0.15, 0.2) is 0 Å². The predicted octanol–water partition coefficient (Wildman–Crippen LogP) is -3.62. The second kappa shape index (κ2) is 9.12. The van der Waals surface area contributed by atoms with Crippen molar-refractivity contribution in [1.82, 2.24) is 0 Å². The van der Waals surface area contributed by atoms with Crippen LogP contribution in [0, 0.1) is 15.3 Å². The molecule has 6 heteroatoms. The molecule has 0 N–H and O–H groups in total. The van der Waals surface area contributed by atoms with Gasteiger partial charge in [-0.1, -0.05) is 0 Å². The first-order chi connectivity index (χ1) is 1.73. The topological polar surface area (TPSA) is 66.2 Å². The van der Waals surface area contributed by atoms with Crippen molar-refractivity contribution in [2.45, 2.75) is 0 Å². The number of hydrogen-bond donors (Lipinski definition) is 0. The van der Waals surface area contributed by atoms with E-state index in [4.69, 9.17) is 15.3 Å². The molecule has 0 aromatic heterocycles. The van der Waals surface area contributed by atoms with Crippen molar-refractivity contribution in [3.8, 4) is 0 Å². The Balaban J connectivity index is -0.0000000450. The molecule has 4 nitrogen and oxygen atoms in total. The van der Waals surface area contributed by atoms with Gasteiger partial charge in [-0.15, -0.1) is 0 Å². The normalized spacial score (nSPS) is 4.00. The Morgan fingerprint density at radius 3 is 1.33 bits per heavy atom. The van der Waals surface area contributed by atoms with Gasteiger partial charge in [-0.25, -0.2) is 0 Å². The summed E-state index contributed by atoms with van der Waals surface area (Å²) in [7, 11) is 0. The molecule has 0 bridgehead atoms. The molecule has 0 atom stereocenters. The summed E-state index contributed by atoms with van der Waals surface area (Å²) in [6, 6.07) is 0. The zero-order valence-corrected chi connectivity index (χ0v) is 7.56. The third-order valence-electron chi connectivity index (χ3n) is 0. The van der Waals surface area contributed by atoms with Gasteiger partial charge in [0, 0.05) is 0 Å². The van der Waals surface area contributed by atoms with Gasteiger partial charge >= 0.3 is 26.2 Å². The van der Waals surface area contributed by atoms with Crippen molar-refractivity contribution >= 4 is 26.2 Å². The van der Waals surface area contributed by atoms with Gasteiger partial charge in [-0.3, -0.25) is 0 Å². The molecule has 0 spiro atoms. The van der Waals surface area contributed by atoms with E-state index in [2.05, 4.69) is 0 Å². The molecule has 0 fully saturated rings. The minimum Gasteiger partial charge on any atom is -1.00 e. The van der Waals surface area contributed by atoms with E-state index in [1.807, 2.05) is 0 Å². The Labute approximate surface area is 63.5 Å². The predicted molar refractivity (Wildman–Crippen MR) is 16.1 cm³/mol. The maximum absolute atomic E-state index is 8.25. The van der Waals surface area contributed by atoms with Gasteiger partial charge in [-0.05, 0) is 0 Å². The zero-order chi connectivity index (χ0) is 3.58. The van der Waals surface area contributed by atoms with Crippen LogP contribution in [0.4, 0.5) is 0 Å². The van der Waals surface area contributed by atoms with Crippen LogP contribution >= 0.6 is 0 Å². The monoisotopic (exact) mass is 350 g/mol. The van der Waals surface area contributed by atoms with Crippen molar-refractivity contribution in [3.05, 3.63) is 15.3 Å². The largest absolute Gasteiger partial charge is 2.00 e. The van der Waals surface area contributed by atoms with Crippen LogP contribution in [-0.4, -0.2) is 31.3 Å². The molecule has 0 aromatic carbocycles. The quantitative estimate of drug-likeness (QED) is 0.257. The Morgan fingerprint density at radius 2 is 1.33 bits per heavy atom. The molecule has 0 aromatic rings. The summed E-state index contributed by atoms with van der Waals surface area (Å²) in [5.41, 5.74) is 0. The van der Waals surface area contributed by atoms with Crippen LogP contribution in [0.25, 0.3) is 0 Å². The van der Waals surface area contributed by atoms with Crippen LogP contribution in [0.2, 0.25) is 0 Å². The average molecular weight is 351 g/mol. The summed E-state index contributed by atoms with van der Waals surface area (Å²) < 4.78 is 0. The van der Waals surface area contributed by atoms with Crippen LogP contribution in [0.5, 0.6) is 0 Å². The maximum atomic E-state index is 8.25. The Bertz CT molecular complexity index is 33.8. The molecular formula is BiBrNO3. The number of hydrogen-bond acceptors (Lipinski definition) is 3. The van der Waals surface area contributed by atoms with Crippen molar-refractivity contribution in [2.24, 2.45) is 0 Å². The second-order valence-electron chi connectivity index (χ2n) is 0.224. The average Bonchev–Trinajstić information content (AvgIpc) is 0.811. The fourth-order valence-corrected chi connectivity index (χ4v) is 0. The van der Waals surface area contributed by atoms with E-state index in [-0.39, 0.29) is 43.2 Å². The molecule has 0 aliphatic rings. The summed E-state index contributed by atoms with van der Waals surface area (Å²) in [5, 5.41) is 14.8. The molecule has 0 aliphatic heterocycles. The van der Waals surface area contributed by atoms with E-state index >= 15 is 0 Å². The molecule has 3 radical (unpaired) electrons. The van der Waals surface area contributed by atoms with Crippen LogP contribution in [0.1, 0.15) is 0 Å². The van der Waals surface area contributed by atoms with Gasteiger partial charge in [0.2, 0.25) is 0 Å². The molecule has 35 valence electrons. The van der Waals surface area contributed by atoms with E-state index in [0.29, 0.717) is 0 Å². The summed E-state index contributed by atoms with van der Waals surface area (Å²) in [5.74, 6) is 0. The van der Waals surface area contributed by atoms with Crippen LogP contribution in [-0.2, 0) is 0 Å². The van der Waals surface area contributed by atoms with E-state index in [9.17, 15) is 0 Å². The number of halogens is 1. The molecule has 0 saturated heterocycles. The van der Waals surface area contributed by atoms with E-state index in [1.165, 1.54) is 0 Å². The van der Waals surface area contributed by atoms with E-state index < -0.39 is 5.09 Å². The molecule has 0 aliphatic carbocycles. The van der Waals surface area contributed by atoms with Gasteiger partial charge in [0.15, 0.2) is 0 Å². The maximum Gasteiger partial charge on any atom is 2.00 e. The van der Waals surface area contributed by atoms with Gasteiger partial charge in [-0.2, -0.15) is 0 Å². The van der Waals surface area contributed by atoms with Crippen molar-refractivity contribution in [3.63, 3.8) is 0 Å². The van der Waals surface area contributed by atoms with Gasteiger partial charge in [0.25, 0.3) is 0 Å². The summed E-state index contributed by atoms with van der Waals surface area (Å²) in [6.07, 6.45) is 0. The Kier molecular flexibility index (Phi) is 24.3. The fraction of sp³-hybridized carbons (Fsp3) is 0. The first-order valence-corrected chi connectivity index (χ1v) is 0.548. The first kappa shape index (κ1) is 16.0. The molecule has 0 heterocycles. The van der Waals surface area contributed by atoms with Crippen molar-refractivity contribution < 1.29 is 22.1 Å². The number of nitrogens with zero attached hydrogens (tertiary/aromatic N) is 1. The van der Waals surface area contributed by atoms with Crippen molar-refractivity contribution in [2.75, 3.05) is 0 Å². The molecule has 0 rings (SSSR count). The molecule has 0 unspecified atom stereocenters. The van der Waals surface area contributed by atoms with Crippen LogP contribution in [0.3, 0.4) is 0 Å². The molecule has 0 saturated carbocycles. The third-order valence-corrected chi connectivity index (χ3v) is 0. The van der Waals surface area contributed by atoms with Crippen molar-refractivity contribution in [1.29, 1.82) is 0 Å². The van der Waals surface area contributed by atoms with Crippen LogP contribution < -0.4 is 17.0 Å². The van der Waals surface area contributed by atoms with Gasteiger partial charge in [0.1, 0.15) is 0 Å². The van der Waals surface area contributed by atoms with Gasteiger partial charge in [0.05, 0.1) is 5.09 Å². The van der Waals surface area contributed by atoms with E-state index in [1.54, 1.807) is 0 Å².